The average molecular weight is 412 g/mol. The Balaban J connectivity index is 1.65. The van der Waals surface area contributed by atoms with Crippen LogP contribution in [0.1, 0.15) is 48.7 Å². The number of fused-ring (bicyclic) bond motifs is 1. The summed E-state index contributed by atoms with van der Waals surface area (Å²) in [6.07, 6.45) is -1.11. The van der Waals surface area contributed by atoms with Gasteiger partial charge in [-0.3, -0.25) is 9.36 Å². The van der Waals surface area contributed by atoms with E-state index in [9.17, 15) is 27.2 Å². The molecule has 29 heavy (non-hydrogen) atoms. The summed E-state index contributed by atoms with van der Waals surface area (Å²) >= 11 is 0. The molecule has 0 saturated carbocycles. The number of carbonyl (C=O) groups is 1. The summed E-state index contributed by atoms with van der Waals surface area (Å²) in [7, 11) is 0. The number of hydrogen-bond acceptors (Lipinski definition) is 3. The minimum atomic E-state index is -4.69. The van der Waals surface area contributed by atoms with Gasteiger partial charge in [0.2, 0.25) is 5.91 Å². The Kier molecular flexibility index (Phi) is 4.95. The zero-order chi connectivity index (χ0) is 20.8. The Morgan fingerprint density at radius 1 is 1.14 bits per heavy atom. The second kappa shape index (κ2) is 7.31. The zero-order valence-electron chi connectivity index (χ0n) is 15.6. The van der Waals surface area contributed by atoms with E-state index in [0.29, 0.717) is 44.2 Å². The van der Waals surface area contributed by atoms with E-state index >= 15 is 0 Å². The van der Waals surface area contributed by atoms with Gasteiger partial charge in [-0.15, -0.1) is 0 Å². The highest BCUT2D eigenvalue weighted by Gasteiger charge is 2.34. The topological polar surface area (TPSA) is 60.1 Å². The van der Waals surface area contributed by atoms with Crippen LogP contribution < -0.4 is 5.69 Å². The van der Waals surface area contributed by atoms with Crippen molar-refractivity contribution in [2.45, 2.75) is 50.9 Å². The summed E-state index contributed by atoms with van der Waals surface area (Å²) in [6.45, 7) is 1.03. The van der Waals surface area contributed by atoms with E-state index in [1.165, 1.54) is 4.57 Å². The monoisotopic (exact) mass is 412 g/mol. The Hall–Kier alpha value is -2.65. The van der Waals surface area contributed by atoms with Crippen LogP contribution >= 0.6 is 0 Å². The van der Waals surface area contributed by atoms with E-state index in [-0.39, 0.29) is 18.0 Å². The number of alkyl halides is 3. The van der Waals surface area contributed by atoms with E-state index in [2.05, 4.69) is 5.10 Å². The third kappa shape index (κ3) is 3.79. The summed E-state index contributed by atoms with van der Waals surface area (Å²) < 4.78 is 54.9. The van der Waals surface area contributed by atoms with Gasteiger partial charge in [-0.1, -0.05) is 0 Å². The Morgan fingerprint density at radius 3 is 2.55 bits per heavy atom. The van der Waals surface area contributed by atoms with Crippen molar-refractivity contribution in [2.75, 3.05) is 13.1 Å². The Bertz CT molecular complexity index is 989. The van der Waals surface area contributed by atoms with Crippen LogP contribution in [-0.2, 0) is 23.9 Å². The SMILES string of the molecule is O=C([C@H]1CCCc2nn(Cc3cc(F)cc(C(F)(F)F)c3)c(=O)n21)N1CCCC1. The number of hydrogen-bond donors (Lipinski definition) is 0. The lowest BCUT2D eigenvalue weighted by molar-refractivity contribution is -0.138. The maximum absolute atomic E-state index is 13.7. The van der Waals surface area contributed by atoms with Crippen LogP contribution in [0.25, 0.3) is 0 Å². The fourth-order valence-corrected chi connectivity index (χ4v) is 4.09. The molecule has 0 spiro atoms. The van der Waals surface area contributed by atoms with Crippen molar-refractivity contribution < 1.29 is 22.4 Å². The first-order valence-electron chi connectivity index (χ1n) is 9.58. The molecular formula is C19H20F4N4O2. The highest BCUT2D eigenvalue weighted by atomic mass is 19.4. The molecule has 1 fully saturated rings. The average Bonchev–Trinajstić information content (AvgIpc) is 3.29. The molecule has 1 amide bonds. The standard InChI is InChI=1S/C19H20F4N4O2/c20-14-9-12(8-13(10-14)19(21,22)23)11-26-18(29)27-15(4-3-5-16(27)24-26)17(28)25-6-1-2-7-25/h8-10,15H,1-7,11H2/t15-/m1/s1. The second-order valence-electron chi connectivity index (χ2n) is 7.51. The molecule has 0 bridgehead atoms. The molecule has 1 atom stereocenters. The van der Waals surface area contributed by atoms with E-state index in [4.69, 9.17) is 0 Å². The third-order valence-corrected chi connectivity index (χ3v) is 5.45. The molecule has 156 valence electrons. The summed E-state index contributed by atoms with van der Waals surface area (Å²) in [5.74, 6) is -0.713. The number of nitrogens with zero attached hydrogens (tertiary/aromatic N) is 4. The maximum atomic E-state index is 13.7. The number of likely N-dealkylation sites (tertiary alicyclic amines) is 1. The van der Waals surface area contributed by atoms with E-state index < -0.39 is 29.3 Å². The number of carbonyl (C=O) groups excluding carboxylic acids is 1. The smallest absolute Gasteiger partial charge is 0.341 e. The van der Waals surface area contributed by atoms with Crippen molar-refractivity contribution in [1.82, 2.24) is 19.2 Å². The Morgan fingerprint density at radius 2 is 1.86 bits per heavy atom. The quantitative estimate of drug-likeness (QED) is 0.729. The lowest BCUT2D eigenvalue weighted by atomic mass is 10.0. The van der Waals surface area contributed by atoms with Gasteiger partial charge < -0.3 is 4.90 Å². The molecule has 2 aliphatic heterocycles. The largest absolute Gasteiger partial charge is 0.416 e. The highest BCUT2D eigenvalue weighted by molar-refractivity contribution is 5.80. The van der Waals surface area contributed by atoms with Crippen molar-refractivity contribution in [3.8, 4) is 0 Å². The first-order valence-corrected chi connectivity index (χ1v) is 9.58. The number of halogens is 4. The van der Waals surface area contributed by atoms with Gasteiger partial charge in [-0.05, 0) is 49.4 Å². The van der Waals surface area contributed by atoms with Gasteiger partial charge in [-0.25, -0.2) is 13.9 Å². The molecule has 0 radical (unpaired) electrons. The molecule has 1 aromatic carbocycles. The van der Waals surface area contributed by atoms with Crippen molar-refractivity contribution in [1.29, 1.82) is 0 Å². The number of aryl methyl sites for hydroxylation is 1. The van der Waals surface area contributed by atoms with Gasteiger partial charge in [0.05, 0.1) is 12.1 Å². The molecule has 10 heteroatoms. The van der Waals surface area contributed by atoms with Gasteiger partial charge in [0.1, 0.15) is 17.7 Å². The molecule has 4 rings (SSSR count). The van der Waals surface area contributed by atoms with Gasteiger partial charge in [-0.2, -0.15) is 18.3 Å². The van der Waals surface area contributed by atoms with Crippen LogP contribution in [0.15, 0.2) is 23.0 Å². The summed E-state index contributed by atoms with van der Waals surface area (Å²) in [5, 5.41) is 4.22. The van der Waals surface area contributed by atoms with Crippen LogP contribution in [-0.4, -0.2) is 38.2 Å². The highest BCUT2D eigenvalue weighted by Crippen LogP contribution is 2.31. The minimum absolute atomic E-state index is 0.0164. The molecule has 2 aromatic rings. The van der Waals surface area contributed by atoms with Gasteiger partial charge in [0, 0.05) is 19.5 Å². The van der Waals surface area contributed by atoms with E-state index in [1.54, 1.807) is 4.90 Å². The van der Waals surface area contributed by atoms with E-state index in [0.717, 1.165) is 29.7 Å². The minimum Gasteiger partial charge on any atom is -0.341 e. The fourth-order valence-electron chi connectivity index (χ4n) is 4.09. The van der Waals surface area contributed by atoms with Crippen LogP contribution in [0, 0.1) is 5.82 Å². The van der Waals surface area contributed by atoms with Gasteiger partial charge >= 0.3 is 11.9 Å². The molecule has 1 saturated heterocycles. The Labute approximate surface area is 163 Å². The van der Waals surface area contributed by atoms with Gasteiger partial charge in [0.15, 0.2) is 0 Å². The van der Waals surface area contributed by atoms with Crippen molar-refractivity contribution in [3.05, 3.63) is 51.5 Å². The van der Waals surface area contributed by atoms with Gasteiger partial charge in [0.25, 0.3) is 0 Å². The van der Waals surface area contributed by atoms with Crippen molar-refractivity contribution in [3.63, 3.8) is 0 Å². The lowest BCUT2D eigenvalue weighted by Crippen LogP contribution is -2.41. The lowest BCUT2D eigenvalue weighted by Gasteiger charge is -2.27. The molecule has 2 aliphatic rings. The maximum Gasteiger partial charge on any atom is 0.416 e. The first-order chi connectivity index (χ1) is 13.7. The molecule has 0 N–H and O–H groups in total. The fraction of sp³-hybridized carbons (Fsp3) is 0.526. The van der Waals surface area contributed by atoms with Crippen LogP contribution in [0.2, 0.25) is 0 Å². The molecule has 1 aromatic heterocycles. The van der Waals surface area contributed by atoms with Crippen molar-refractivity contribution >= 4 is 5.91 Å². The molecular weight excluding hydrogens is 392 g/mol. The van der Waals surface area contributed by atoms with E-state index in [1.807, 2.05) is 0 Å². The first kappa shape index (κ1) is 19.7. The van der Waals surface area contributed by atoms with Crippen LogP contribution in [0.4, 0.5) is 17.6 Å². The number of amides is 1. The summed E-state index contributed by atoms with van der Waals surface area (Å²) in [5.41, 5.74) is -1.70. The molecule has 0 aliphatic carbocycles. The van der Waals surface area contributed by atoms with Crippen LogP contribution in [0.3, 0.4) is 0 Å². The predicted molar refractivity (Wildman–Crippen MR) is 94.8 cm³/mol. The zero-order valence-corrected chi connectivity index (χ0v) is 15.6. The predicted octanol–water partition coefficient (Wildman–Crippen LogP) is 2.75. The van der Waals surface area contributed by atoms with Crippen LogP contribution in [0.5, 0.6) is 0 Å². The third-order valence-electron chi connectivity index (χ3n) is 5.45. The summed E-state index contributed by atoms with van der Waals surface area (Å²) in [4.78, 5) is 27.5. The molecule has 3 heterocycles. The number of aromatic nitrogens is 3. The second-order valence-corrected chi connectivity index (χ2v) is 7.51. The normalized spacial score (nSPS) is 19.4. The molecule has 0 unspecified atom stereocenters. The summed E-state index contributed by atoms with van der Waals surface area (Å²) in [6, 6.07) is 1.53. The number of benzene rings is 1. The van der Waals surface area contributed by atoms with Crippen molar-refractivity contribution in [2.24, 2.45) is 0 Å². The molecule has 6 nitrogen and oxygen atoms in total. The number of rotatable bonds is 3.